The maximum Gasteiger partial charge on any atom is 0.282 e. The topological polar surface area (TPSA) is 53.1 Å². The molecule has 2 aliphatic heterocycles. The first-order valence-electron chi connectivity index (χ1n) is 10.3. The Morgan fingerprint density at radius 2 is 1.47 bits per heavy atom. The normalized spacial score (nSPS) is 18.0. The molecule has 2 heterocycles. The fourth-order valence-corrected chi connectivity index (χ4v) is 3.92. The van der Waals surface area contributed by atoms with Crippen LogP contribution in [0, 0.1) is 0 Å². The van der Waals surface area contributed by atoms with Gasteiger partial charge in [0.25, 0.3) is 11.8 Å². The van der Waals surface area contributed by atoms with Crippen molar-refractivity contribution in [2.24, 2.45) is 0 Å². The maximum absolute atomic E-state index is 13.7. The smallest absolute Gasteiger partial charge is 0.282 e. The molecule has 1 saturated heterocycles. The van der Waals surface area contributed by atoms with Gasteiger partial charge < -0.3 is 14.5 Å². The van der Waals surface area contributed by atoms with E-state index < -0.39 is 0 Å². The highest BCUT2D eigenvalue weighted by Gasteiger charge is 2.43. The second-order valence-corrected chi connectivity index (χ2v) is 7.96. The van der Waals surface area contributed by atoms with Crippen LogP contribution in [-0.4, -0.2) is 60.9 Å². The minimum Gasteiger partial charge on any atom is -0.489 e. The van der Waals surface area contributed by atoms with Crippen LogP contribution in [0.1, 0.15) is 19.4 Å². The zero-order chi connectivity index (χ0) is 21.3. The number of piperazine rings is 1. The second kappa shape index (κ2) is 8.32. The van der Waals surface area contributed by atoms with Crippen molar-refractivity contribution in [1.29, 1.82) is 0 Å². The Hall–Kier alpha value is -3.12. The number of likely N-dealkylation sites (N-methyl/N-ethyl adjacent to an activating group) is 1. The van der Waals surface area contributed by atoms with Gasteiger partial charge >= 0.3 is 0 Å². The first-order valence-corrected chi connectivity index (χ1v) is 10.3. The molecular weight excluding hydrogens is 378 g/mol. The predicted octanol–water partition coefficient (Wildman–Crippen LogP) is 3.01. The molecule has 6 heteroatoms. The van der Waals surface area contributed by atoms with Crippen molar-refractivity contribution in [3.05, 3.63) is 65.9 Å². The highest BCUT2D eigenvalue weighted by atomic mass is 16.5. The van der Waals surface area contributed by atoms with Gasteiger partial charge in [0.1, 0.15) is 11.4 Å². The number of anilines is 1. The highest BCUT2D eigenvalue weighted by Crippen LogP contribution is 2.39. The van der Waals surface area contributed by atoms with Gasteiger partial charge in [-0.25, -0.2) is 4.90 Å². The number of amides is 2. The summed E-state index contributed by atoms with van der Waals surface area (Å²) in [5.74, 6) is -0.0654. The van der Waals surface area contributed by atoms with Crippen molar-refractivity contribution < 1.29 is 14.3 Å². The number of rotatable bonds is 5. The number of para-hydroxylation sites is 2. The van der Waals surface area contributed by atoms with Gasteiger partial charge in [-0.1, -0.05) is 42.5 Å². The summed E-state index contributed by atoms with van der Waals surface area (Å²) in [6.45, 7) is 6.96. The molecule has 0 spiro atoms. The molecule has 2 aliphatic rings. The standard InChI is InChI=1S/C24H27N3O3/c1-17(2)30-20-12-8-7-11-19(20)27-23(28)21(18-9-5-4-6-10-18)22(24(27)29)26-15-13-25(3)14-16-26/h4-12,17H,13-16H2,1-3H3. The Labute approximate surface area is 177 Å². The van der Waals surface area contributed by atoms with E-state index in [0.29, 0.717) is 35.8 Å². The Bertz CT molecular complexity index is 976. The molecule has 0 atom stereocenters. The van der Waals surface area contributed by atoms with Gasteiger partial charge in [-0.2, -0.15) is 0 Å². The summed E-state index contributed by atoms with van der Waals surface area (Å²) in [5, 5.41) is 0. The van der Waals surface area contributed by atoms with E-state index >= 15 is 0 Å². The summed E-state index contributed by atoms with van der Waals surface area (Å²) in [7, 11) is 2.07. The molecule has 0 radical (unpaired) electrons. The maximum atomic E-state index is 13.7. The number of nitrogens with zero attached hydrogens (tertiary/aromatic N) is 3. The first-order chi connectivity index (χ1) is 14.5. The molecule has 2 aromatic carbocycles. The SMILES string of the molecule is CC(C)Oc1ccccc1N1C(=O)C(c2ccccc2)=C(N2CCN(C)CC2)C1=O. The molecule has 1 fully saturated rings. The largest absolute Gasteiger partial charge is 0.489 e. The summed E-state index contributed by atoms with van der Waals surface area (Å²) in [6.07, 6.45) is -0.0717. The molecule has 0 saturated carbocycles. The molecule has 6 nitrogen and oxygen atoms in total. The van der Waals surface area contributed by atoms with Gasteiger partial charge in [0.05, 0.1) is 17.4 Å². The van der Waals surface area contributed by atoms with Crippen molar-refractivity contribution in [3.63, 3.8) is 0 Å². The van der Waals surface area contributed by atoms with Gasteiger partial charge in [0.15, 0.2) is 0 Å². The van der Waals surface area contributed by atoms with Gasteiger partial charge in [0.2, 0.25) is 0 Å². The molecule has 4 rings (SSSR count). The lowest BCUT2D eigenvalue weighted by Gasteiger charge is -2.34. The van der Waals surface area contributed by atoms with Crippen molar-refractivity contribution in [3.8, 4) is 5.75 Å². The van der Waals surface area contributed by atoms with Crippen LogP contribution in [0.4, 0.5) is 5.69 Å². The summed E-state index contributed by atoms with van der Waals surface area (Å²) >= 11 is 0. The minimum absolute atomic E-state index is 0.0717. The average Bonchev–Trinajstić information content (AvgIpc) is 2.99. The third-order valence-electron chi connectivity index (χ3n) is 5.41. The number of hydrogen-bond donors (Lipinski definition) is 0. The third kappa shape index (κ3) is 3.71. The monoisotopic (exact) mass is 405 g/mol. The first kappa shape index (κ1) is 20.2. The fourth-order valence-electron chi connectivity index (χ4n) is 3.92. The third-order valence-corrected chi connectivity index (χ3v) is 5.41. The van der Waals surface area contributed by atoms with Crippen LogP contribution >= 0.6 is 0 Å². The zero-order valence-electron chi connectivity index (χ0n) is 17.7. The Morgan fingerprint density at radius 1 is 0.833 bits per heavy atom. The van der Waals surface area contributed by atoms with Crippen molar-refractivity contribution in [2.75, 3.05) is 38.1 Å². The van der Waals surface area contributed by atoms with Crippen LogP contribution in [0.15, 0.2) is 60.3 Å². The van der Waals surface area contributed by atoms with E-state index in [1.54, 1.807) is 12.1 Å². The molecule has 0 aromatic heterocycles. The lowest BCUT2D eigenvalue weighted by molar-refractivity contribution is -0.120. The molecular formula is C24H27N3O3. The van der Waals surface area contributed by atoms with E-state index in [1.807, 2.05) is 56.3 Å². The predicted molar refractivity (Wildman–Crippen MR) is 117 cm³/mol. The Morgan fingerprint density at radius 3 is 2.13 bits per heavy atom. The summed E-state index contributed by atoms with van der Waals surface area (Å²) in [5.41, 5.74) is 2.19. The van der Waals surface area contributed by atoms with E-state index in [4.69, 9.17) is 4.74 Å². The van der Waals surface area contributed by atoms with Crippen molar-refractivity contribution >= 4 is 23.1 Å². The Kier molecular flexibility index (Phi) is 5.59. The number of hydrogen-bond acceptors (Lipinski definition) is 5. The number of benzene rings is 2. The lowest BCUT2D eigenvalue weighted by Crippen LogP contribution is -2.46. The van der Waals surface area contributed by atoms with Crippen LogP contribution in [0.25, 0.3) is 5.57 Å². The van der Waals surface area contributed by atoms with Gasteiger partial charge in [-0.15, -0.1) is 0 Å². The summed E-state index contributed by atoms with van der Waals surface area (Å²) in [4.78, 5) is 32.8. The molecule has 156 valence electrons. The van der Waals surface area contributed by atoms with E-state index in [-0.39, 0.29) is 17.9 Å². The van der Waals surface area contributed by atoms with Crippen molar-refractivity contribution in [1.82, 2.24) is 9.80 Å². The molecule has 2 amide bonds. The molecule has 2 aromatic rings. The van der Waals surface area contributed by atoms with Gasteiger partial charge in [0, 0.05) is 26.2 Å². The Balaban J connectivity index is 1.80. The van der Waals surface area contributed by atoms with Crippen LogP contribution < -0.4 is 9.64 Å². The second-order valence-electron chi connectivity index (χ2n) is 7.96. The molecule has 0 aliphatic carbocycles. The van der Waals surface area contributed by atoms with Crippen LogP contribution in [0.2, 0.25) is 0 Å². The highest BCUT2D eigenvalue weighted by molar-refractivity contribution is 6.45. The van der Waals surface area contributed by atoms with E-state index in [9.17, 15) is 9.59 Å². The zero-order valence-corrected chi connectivity index (χ0v) is 17.7. The fraction of sp³-hybridized carbons (Fsp3) is 0.333. The van der Waals surface area contributed by atoms with E-state index in [0.717, 1.165) is 18.7 Å². The average molecular weight is 405 g/mol. The minimum atomic E-state index is -0.306. The van der Waals surface area contributed by atoms with E-state index in [2.05, 4.69) is 16.8 Å². The van der Waals surface area contributed by atoms with Crippen LogP contribution in [0.5, 0.6) is 5.75 Å². The molecule has 0 bridgehead atoms. The van der Waals surface area contributed by atoms with Gasteiger partial charge in [-0.05, 0) is 38.6 Å². The number of ether oxygens (including phenoxy) is 1. The van der Waals surface area contributed by atoms with Gasteiger partial charge in [-0.3, -0.25) is 9.59 Å². The summed E-state index contributed by atoms with van der Waals surface area (Å²) in [6, 6.07) is 16.7. The molecule has 0 N–H and O–H groups in total. The van der Waals surface area contributed by atoms with Crippen LogP contribution in [0.3, 0.4) is 0 Å². The molecule has 30 heavy (non-hydrogen) atoms. The summed E-state index contributed by atoms with van der Waals surface area (Å²) < 4.78 is 5.91. The quantitative estimate of drug-likeness (QED) is 0.716. The number of carbonyl (C=O) groups is 2. The van der Waals surface area contributed by atoms with E-state index in [1.165, 1.54) is 4.90 Å². The number of imide groups is 1. The van der Waals surface area contributed by atoms with Crippen molar-refractivity contribution in [2.45, 2.75) is 20.0 Å². The number of carbonyl (C=O) groups excluding carboxylic acids is 2. The van der Waals surface area contributed by atoms with Crippen LogP contribution in [-0.2, 0) is 9.59 Å². The lowest BCUT2D eigenvalue weighted by atomic mass is 10.0. The molecule has 0 unspecified atom stereocenters.